The van der Waals surface area contributed by atoms with E-state index < -0.39 is 0 Å². The highest BCUT2D eigenvalue weighted by molar-refractivity contribution is 5.42. The first-order chi connectivity index (χ1) is 11.3. The molecule has 2 rings (SSSR count). The molecule has 1 heterocycles. The quantitative estimate of drug-likeness (QED) is 0.530. The monoisotopic (exact) mass is 307 g/mol. The van der Waals surface area contributed by atoms with Gasteiger partial charge < -0.3 is 4.74 Å². The van der Waals surface area contributed by atoms with E-state index in [1.54, 1.807) is 0 Å². The number of unbranched alkanes of at least 4 members (excludes halogenated alkanes) is 2. The number of aryl methyl sites for hydroxylation is 1. The third-order valence-corrected chi connectivity index (χ3v) is 3.57. The van der Waals surface area contributed by atoms with E-state index in [1.165, 1.54) is 18.4 Å². The molecular weight excluding hydrogens is 282 g/mol. The summed E-state index contributed by atoms with van der Waals surface area (Å²) in [6.07, 6.45) is 7.66. The predicted molar refractivity (Wildman–Crippen MR) is 95.7 cm³/mol. The summed E-state index contributed by atoms with van der Waals surface area (Å²) in [7, 11) is 0. The molecule has 2 aromatic rings. The summed E-state index contributed by atoms with van der Waals surface area (Å²) in [5.74, 6) is 7.17. The summed E-state index contributed by atoms with van der Waals surface area (Å²) < 4.78 is 5.70. The van der Waals surface area contributed by atoms with E-state index in [9.17, 15) is 0 Å². The molecule has 2 nitrogen and oxygen atoms in total. The van der Waals surface area contributed by atoms with Crippen LogP contribution in [-0.2, 0) is 6.42 Å². The Balaban J connectivity index is 1.90. The molecule has 0 saturated carbocycles. The second kappa shape index (κ2) is 9.69. The van der Waals surface area contributed by atoms with Crippen LogP contribution >= 0.6 is 0 Å². The van der Waals surface area contributed by atoms with Gasteiger partial charge in [-0.2, -0.15) is 0 Å². The van der Waals surface area contributed by atoms with Crippen LogP contribution in [0.15, 0.2) is 42.6 Å². The van der Waals surface area contributed by atoms with Crippen LogP contribution in [0, 0.1) is 11.8 Å². The molecule has 0 spiro atoms. The third-order valence-electron chi connectivity index (χ3n) is 3.57. The van der Waals surface area contributed by atoms with Gasteiger partial charge in [0, 0.05) is 11.8 Å². The molecule has 0 bridgehead atoms. The first-order valence-electron chi connectivity index (χ1n) is 8.51. The molecule has 120 valence electrons. The van der Waals surface area contributed by atoms with Crippen molar-refractivity contribution in [3.05, 3.63) is 59.4 Å². The molecule has 0 radical (unpaired) electrons. The Hall–Kier alpha value is -2.27. The average Bonchev–Trinajstić information content (AvgIpc) is 2.59. The molecule has 0 atom stereocenters. The normalized spacial score (nSPS) is 10.0. The van der Waals surface area contributed by atoms with Crippen molar-refractivity contribution < 1.29 is 4.74 Å². The number of benzene rings is 1. The van der Waals surface area contributed by atoms with Crippen LogP contribution in [0.3, 0.4) is 0 Å². The second-order valence-corrected chi connectivity index (χ2v) is 5.63. The lowest BCUT2D eigenvalue weighted by atomic mass is 10.1. The number of hydrogen-bond acceptors (Lipinski definition) is 2. The first-order valence-corrected chi connectivity index (χ1v) is 8.51. The maximum Gasteiger partial charge on any atom is 0.119 e. The van der Waals surface area contributed by atoms with E-state index in [-0.39, 0.29) is 0 Å². The Morgan fingerprint density at radius 1 is 0.913 bits per heavy atom. The summed E-state index contributed by atoms with van der Waals surface area (Å²) in [4.78, 5) is 4.39. The van der Waals surface area contributed by atoms with Crippen molar-refractivity contribution in [2.75, 3.05) is 6.61 Å². The third kappa shape index (κ3) is 6.16. The van der Waals surface area contributed by atoms with Crippen molar-refractivity contribution in [2.24, 2.45) is 0 Å². The molecule has 0 saturated heterocycles. The maximum atomic E-state index is 5.70. The molecule has 0 N–H and O–H groups in total. The summed E-state index contributed by atoms with van der Waals surface area (Å²) in [5.41, 5.74) is 3.05. The number of aromatic nitrogens is 1. The van der Waals surface area contributed by atoms with Crippen LogP contribution in [0.1, 0.15) is 56.4 Å². The van der Waals surface area contributed by atoms with Crippen LogP contribution in [0.2, 0.25) is 0 Å². The predicted octanol–water partition coefficient (Wildman–Crippen LogP) is 5.00. The van der Waals surface area contributed by atoms with Crippen molar-refractivity contribution in [1.82, 2.24) is 4.98 Å². The molecule has 0 unspecified atom stereocenters. The minimum atomic E-state index is 0.785. The van der Waals surface area contributed by atoms with Gasteiger partial charge in [0.25, 0.3) is 0 Å². The first kappa shape index (κ1) is 17.1. The van der Waals surface area contributed by atoms with Gasteiger partial charge >= 0.3 is 0 Å². The second-order valence-electron chi connectivity index (χ2n) is 5.63. The Bertz CT molecular complexity index is 632. The SMILES string of the molecule is CCCCCOc1ccc(C#Cc2ccc(CCC)cn2)cc1. The number of nitrogens with zero attached hydrogens (tertiary/aromatic N) is 1. The topological polar surface area (TPSA) is 22.1 Å². The van der Waals surface area contributed by atoms with E-state index in [0.29, 0.717) is 0 Å². The smallest absolute Gasteiger partial charge is 0.119 e. The average molecular weight is 307 g/mol. The largest absolute Gasteiger partial charge is 0.494 e. The van der Waals surface area contributed by atoms with Crippen LogP contribution in [0.25, 0.3) is 0 Å². The van der Waals surface area contributed by atoms with E-state index in [1.807, 2.05) is 36.5 Å². The van der Waals surface area contributed by atoms with Crippen LogP contribution in [0.4, 0.5) is 0 Å². The fourth-order valence-corrected chi connectivity index (χ4v) is 2.25. The molecule has 1 aromatic heterocycles. The van der Waals surface area contributed by atoms with Gasteiger partial charge in [0.2, 0.25) is 0 Å². The molecule has 0 fully saturated rings. The van der Waals surface area contributed by atoms with E-state index in [0.717, 1.165) is 42.9 Å². The van der Waals surface area contributed by atoms with Crippen molar-refractivity contribution >= 4 is 0 Å². The molecule has 23 heavy (non-hydrogen) atoms. The van der Waals surface area contributed by atoms with Gasteiger partial charge in [-0.25, -0.2) is 4.98 Å². The molecule has 2 heteroatoms. The maximum absolute atomic E-state index is 5.70. The van der Waals surface area contributed by atoms with Crippen LogP contribution in [-0.4, -0.2) is 11.6 Å². The Morgan fingerprint density at radius 3 is 2.39 bits per heavy atom. The van der Waals surface area contributed by atoms with Crippen molar-refractivity contribution in [2.45, 2.75) is 46.0 Å². The van der Waals surface area contributed by atoms with E-state index >= 15 is 0 Å². The minimum absolute atomic E-state index is 0.785. The highest BCUT2D eigenvalue weighted by Gasteiger charge is 1.95. The minimum Gasteiger partial charge on any atom is -0.494 e. The Morgan fingerprint density at radius 2 is 1.74 bits per heavy atom. The molecular formula is C21H25NO. The van der Waals surface area contributed by atoms with E-state index in [4.69, 9.17) is 4.74 Å². The number of hydrogen-bond donors (Lipinski definition) is 0. The van der Waals surface area contributed by atoms with Gasteiger partial charge in [-0.05, 0) is 54.7 Å². The lowest BCUT2D eigenvalue weighted by molar-refractivity contribution is 0.306. The highest BCUT2D eigenvalue weighted by Crippen LogP contribution is 2.12. The Labute approximate surface area is 139 Å². The van der Waals surface area contributed by atoms with Crippen molar-refractivity contribution in [3.63, 3.8) is 0 Å². The number of pyridine rings is 1. The van der Waals surface area contributed by atoms with Gasteiger partial charge in [-0.3, -0.25) is 0 Å². The van der Waals surface area contributed by atoms with Crippen LogP contribution in [0.5, 0.6) is 5.75 Å². The number of ether oxygens (including phenoxy) is 1. The standard InChI is InChI=1S/C21H25NO/c1-3-5-6-16-23-21-14-10-18(11-15-21)8-12-20-13-9-19(7-4-2)17-22-20/h9-11,13-15,17H,3-7,16H2,1-2H3. The van der Waals surface area contributed by atoms with Gasteiger partial charge in [-0.15, -0.1) is 0 Å². The van der Waals surface area contributed by atoms with Gasteiger partial charge in [0.15, 0.2) is 0 Å². The lowest BCUT2D eigenvalue weighted by Gasteiger charge is -2.05. The Kier molecular flexibility index (Phi) is 7.20. The fourth-order valence-electron chi connectivity index (χ4n) is 2.25. The van der Waals surface area contributed by atoms with Gasteiger partial charge in [0.05, 0.1) is 6.61 Å². The summed E-state index contributed by atoms with van der Waals surface area (Å²) >= 11 is 0. The van der Waals surface area contributed by atoms with E-state index in [2.05, 4.69) is 36.7 Å². The van der Waals surface area contributed by atoms with Crippen LogP contribution < -0.4 is 4.74 Å². The molecule has 0 amide bonds. The number of rotatable bonds is 7. The lowest BCUT2D eigenvalue weighted by Crippen LogP contribution is -1.96. The molecule has 1 aromatic carbocycles. The molecule has 0 aliphatic heterocycles. The molecule has 0 aliphatic rings. The summed E-state index contributed by atoms with van der Waals surface area (Å²) in [5, 5.41) is 0. The zero-order valence-corrected chi connectivity index (χ0v) is 14.1. The van der Waals surface area contributed by atoms with Crippen molar-refractivity contribution in [3.8, 4) is 17.6 Å². The summed E-state index contributed by atoms with van der Waals surface area (Å²) in [6.45, 7) is 5.15. The highest BCUT2D eigenvalue weighted by atomic mass is 16.5. The van der Waals surface area contributed by atoms with Crippen molar-refractivity contribution in [1.29, 1.82) is 0 Å². The fraction of sp³-hybridized carbons (Fsp3) is 0.381. The zero-order chi connectivity index (χ0) is 16.3. The van der Waals surface area contributed by atoms with Gasteiger partial charge in [0.1, 0.15) is 11.4 Å². The summed E-state index contributed by atoms with van der Waals surface area (Å²) in [6, 6.07) is 12.0. The van der Waals surface area contributed by atoms with Gasteiger partial charge in [-0.1, -0.05) is 45.1 Å². The molecule has 0 aliphatic carbocycles. The zero-order valence-electron chi connectivity index (χ0n) is 14.1.